The van der Waals surface area contributed by atoms with Crippen molar-refractivity contribution in [3.05, 3.63) is 34.9 Å². The average molecular weight is 368 g/mol. The van der Waals surface area contributed by atoms with E-state index >= 15 is 0 Å². The van der Waals surface area contributed by atoms with Gasteiger partial charge < -0.3 is 15.0 Å². The van der Waals surface area contributed by atoms with Crippen molar-refractivity contribution in [2.75, 3.05) is 13.7 Å². The van der Waals surface area contributed by atoms with Gasteiger partial charge in [-0.1, -0.05) is 18.2 Å². The van der Waals surface area contributed by atoms with Crippen LogP contribution in [0.15, 0.2) is 18.2 Å². The number of benzene rings is 1. The van der Waals surface area contributed by atoms with Crippen molar-refractivity contribution in [1.82, 2.24) is 10.2 Å². The predicted molar refractivity (Wildman–Crippen MR) is 102 cm³/mol. The van der Waals surface area contributed by atoms with Crippen molar-refractivity contribution < 1.29 is 14.3 Å². The zero-order chi connectivity index (χ0) is 18.8. The molecule has 5 rings (SSSR count). The Balaban J connectivity index is 1.16. The zero-order valence-corrected chi connectivity index (χ0v) is 16.2. The molecule has 0 unspecified atom stereocenters. The number of carbonyl (C=O) groups excluding carboxylic acids is 2. The van der Waals surface area contributed by atoms with Crippen LogP contribution in [0.25, 0.3) is 0 Å². The fourth-order valence-electron chi connectivity index (χ4n) is 5.16. The van der Waals surface area contributed by atoms with Gasteiger partial charge in [0.15, 0.2) is 0 Å². The number of hydrogen-bond acceptors (Lipinski definition) is 3. The van der Waals surface area contributed by atoms with Crippen molar-refractivity contribution in [3.63, 3.8) is 0 Å². The van der Waals surface area contributed by atoms with E-state index in [-0.39, 0.29) is 23.5 Å². The van der Waals surface area contributed by atoms with Gasteiger partial charge in [0.2, 0.25) is 5.91 Å². The van der Waals surface area contributed by atoms with Crippen LogP contribution in [0.5, 0.6) is 0 Å². The fourth-order valence-corrected chi connectivity index (χ4v) is 5.16. The lowest BCUT2D eigenvalue weighted by molar-refractivity contribution is -0.143. The number of aryl methyl sites for hydroxylation is 1. The highest BCUT2D eigenvalue weighted by Gasteiger charge is 2.53. The highest BCUT2D eigenvalue weighted by Crippen LogP contribution is 2.46. The van der Waals surface area contributed by atoms with Gasteiger partial charge in [0.05, 0.1) is 5.54 Å². The van der Waals surface area contributed by atoms with Gasteiger partial charge in [-0.2, -0.15) is 0 Å². The largest absolute Gasteiger partial charge is 0.447 e. The van der Waals surface area contributed by atoms with E-state index in [4.69, 9.17) is 4.74 Å². The summed E-state index contributed by atoms with van der Waals surface area (Å²) in [5.74, 6) is 1.62. The van der Waals surface area contributed by atoms with E-state index in [0.29, 0.717) is 31.4 Å². The summed E-state index contributed by atoms with van der Waals surface area (Å²) in [5, 5.41) is 2.87. The molecule has 1 N–H and O–H groups in total. The molecule has 5 nitrogen and oxygen atoms in total. The summed E-state index contributed by atoms with van der Waals surface area (Å²) in [5.41, 5.74) is 4.14. The predicted octanol–water partition coefficient (Wildman–Crippen LogP) is 3.47. The Morgan fingerprint density at radius 1 is 1.22 bits per heavy atom. The lowest BCUT2D eigenvalue weighted by atomic mass is 9.67. The van der Waals surface area contributed by atoms with E-state index in [9.17, 15) is 9.59 Å². The Hall–Kier alpha value is -2.04. The average Bonchev–Trinajstić information content (AvgIpc) is 3.34. The molecule has 4 fully saturated rings. The summed E-state index contributed by atoms with van der Waals surface area (Å²) >= 11 is 0. The van der Waals surface area contributed by atoms with Crippen LogP contribution in [0.2, 0.25) is 0 Å². The van der Waals surface area contributed by atoms with Crippen molar-refractivity contribution in [3.8, 4) is 0 Å². The minimum Gasteiger partial charge on any atom is -0.447 e. The maximum Gasteiger partial charge on any atom is 0.407 e. The summed E-state index contributed by atoms with van der Waals surface area (Å²) in [4.78, 5) is 26.0. The van der Waals surface area contributed by atoms with Crippen molar-refractivity contribution >= 4 is 12.0 Å². The Kier molecular flexibility index (Phi) is 3.78. The normalized spacial score (nSPS) is 34.4. The van der Waals surface area contributed by atoms with E-state index in [2.05, 4.69) is 30.4 Å². The lowest BCUT2D eigenvalue weighted by Crippen LogP contribution is -2.59. The number of nitrogens with zero attached hydrogens (tertiary/aromatic N) is 1. The Morgan fingerprint density at radius 3 is 2.59 bits per heavy atom. The summed E-state index contributed by atoms with van der Waals surface area (Å²) in [6.07, 6.45) is 5.87. The molecule has 3 aliphatic carbocycles. The molecule has 1 aliphatic heterocycles. The minimum atomic E-state index is -0.347. The van der Waals surface area contributed by atoms with Crippen LogP contribution in [0.1, 0.15) is 67.1 Å². The van der Waals surface area contributed by atoms with Gasteiger partial charge in [-0.3, -0.25) is 4.79 Å². The SMILES string of the molecule is Cc1ccc([C@H]2C[C@@H](N(C)C(=O)[C@H]3C[C@]4(COC(=O)N4)C3)C2)cc1C1CC1. The minimum absolute atomic E-state index is 0.0249. The highest BCUT2D eigenvalue weighted by atomic mass is 16.6. The Morgan fingerprint density at radius 2 is 1.96 bits per heavy atom. The molecular weight excluding hydrogens is 340 g/mol. The summed E-state index contributed by atoms with van der Waals surface area (Å²) in [6, 6.07) is 7.33. The first kappa shape index (κ1) is 17.1. The standard InChI is InChI=1S/C22H28N2O3/c1-13-3-4-15(9-19(13)14-5-6-14)16-7-18(8-16)24(2)20(25)17-10-22(11-17)12-27-21(26)23-22/h3-4,9,14,16-18H,5-8,10-12H2,1-2H3,(H,23,26)/t16-,17-,18+,22+. The lowest BCUT2D eigenvalue weighted by Gasteiger charge is -2.47. The smallest absolute Gasteiger partial charge is 0.407 e. The van der Waals surface area contributed by atoms with Gasteiger partial charge in [-0.15, -0.1) is 0 Å². The molecule has 5 heteroatoms. The molecule has 1 saturated heterocycles. The molecule has 4 aliphatic rings. The fraction of sp³-hybridized carbons (Fsp3) is 0.636. The van der Waals surface area contributed by atoms with Crippen LogP contribution in [0, 0.1) is 12.8 Å². The van der Waals surface area contributed by atoms with Gasteiger partial charge in [0, 0.05) is 19.0 Å². The second kappa shape index (κ2) is 5.98. The molecule has 2 amide bonds. The molecule has 27 heavy (non-hydrogen) atoms. The van der Waals surface area contributed by atoms with E-state index < -0.39 is 0 Å². The van der Waals surface area contributed by atoms with Crippen LogP contribution in [0.3, 0.4) is 0 Å². The van der Waals surface area contributed by atoms with E-state index in [0.717, 1.165) is 18.8 Å². The maximum atomic E-state index is 12.8. The molecule has 0 aromatic heterocycles. The van der Waals surface area contributed by atoms with Crippen LogP contribution in [0.4, 0.5) is 4.79 Å². The Bertz CT molecular complexity index is 789. The molecule has 1 aromatic rings. The number of alkyl carbamates (subject to hydrolysis) is 1. The molecule has 1 heterocycles. The third-order valence-electron chi connectivity index (χ3n) is 7.27. The summed E-state index contributed by atoms with van der Waals surface area (Å²) < 4.78 is 5.01. The number of carbonyl (C=O) groups is 2. The van der Waals surface area contributed by atoms with Gasteiger partial charge in [-0.05, 0) is 74.0 Å². The van der Waals surface area contributed by atoms with Crippen molar-refractivity contribution in [2.45, 2.75) is 68.9 Å². The first-order chi connectivity index (χ1) is 12.9. The molecular formula is C22H28N2O3. The number of rotatable bonds is 4. The number of ether oxygens (including phenoxy) is 1. The molecule has 1 spiro atoms. The third kappa shape index (κ3) is 2.91. The van der Waals surface area contributed by atoms with Gasteiger partial charge in [0.1, 0.15) is 6.61 Å². The van der Waals surface area contributed by atoms with Gasteiger partial charge >= 0.3 is 6.09 Å². The van der Waals surface area contributed by atoms with Crippen LogP contribution in [-0.4, -0.2) is 42.1 Å². The maximum absolute atomic E-state index is 12.8. The summed E-state index contributed by atoms with van der Waals surface area (Å²) in [7, 11) is 1.95. The number of hydrogen-bond donors (Lipinski definition) is 1. The molecule has 1 aromatic carbocycles. The number of nitrogens with one attached hydrogen (secondary N) is 1. The molecule has 3 saturated carbocycles. The molecule has 0 radical (unpaired) electrons. The first-order valence-corrected chi connectivity index (χ1v) is 10.3. The second-order valence-corrected chi connectivity index (χ2v) is 9.25. The summed E-state index contributed by atoms with van der Waals surface area (Å²) in [6.45, 7) is 2.62. The second-order valence-electron chi connectivity index (χ2n) is 9.25. The van der Waals surface area contributed by atoms with E-state index in [1.165, 1.54) is 24.0 Å². The molecule has 0 atom stereocenters. The van der Waals surface area contributed by atoms with Crippen molar-refractivity contribution in [2.24, 2.45) is 5.92 Å². The number of amides is 2. The quantitative estimate of drug-likeness (QED) is 0.885. The molecule has 0 bridgehead atoms. The van der Waals surface area contributed by atoms with E-state index in [1.807, 2.05) is 11.9 Å². The van der Waals surface area contributed by atoms with Crippen LogP contribution >= 0.6 is 0 Å². The van der Waals surface area contributed by atoms with Crippen molar-refractivity contribution in [1.29, 1.82) is 0 Å². The van der Waals surface area contributed by atoms with Gasteiger partial charge in [-0.25, -0.2) is 4.79 Å². The third-order valence-corrected chi connectivity index (χ3v) is 7.27. The highest BCUT2D eigenvalue weighted by molar-refractivity contribution is 5.81. The zero-order valence-electron chi connectivity index (χ0n) is 16.2. The monoisotopic (exact) mass is 368 g/mol. The van der Waals surface area contributed by atoms with E-state index in [1.54, 1.807) is 5.56 Å². The topological polar surface area (TPSA) is 58.6 Å². The Labute approximate surface area is 160 Å². The first-order valence-electron chi connectivity index (χ1n) is 10.3. The van der Waals surface area contributed by atoms with Crippen LogP contribution in [-0.2, 0) is 9.53 Å². The van der Waals surface area contributed by atoms with Gasteiger partial charge in [0.25, 0.3) is 0 Å². The number of cyclic esters (lactones) is 1. The van der Waals surface area contributed by atoms with Crippen LogP contribution < -0.4 is 5.32 Å². The molecule has 144 valence electrons.